The van der Waals surface area contributed by atoms with E-state index in [1.54, 1.807) is 0 Å². The summed E-state index contributed by atoms with van der Waals surface area (Å²) < 4.78 is 0. The molecule has 2 aliphatic heterocycles. The number of anilines is 1. The highest BCUT2D eigenvalue weighted by Crippen LogP contribution is 2.29. The van der Waals surface area contributed by atoms with Crippen molar-refractivity contribution in [1.82, 2.24) is 4.90 Å². The largest absolute Gasteiger partial charge is 0.373 e. The maximum absolute atomic E-state index is 2.67. The molecular weight excluding hydrogens is 267 g/mol. The van der Waals surface area contributed by atoms with E-state index in [4.69, 9.17) is 0 Å². The first-order chi connectivity index (χ1) is 7.84. The molecule has 0 spiro atoms. The molecule has 1 atom stereocenters. The van der Waals surface area contributed by atoms with Crippen molar-refractivity contribution in [2.24, 2.45) is 0 Å². The van der Waals surface area contributed by atoms with Gasteiger partial charge in [-0.1, -0.05) is 24.6 Å². The minimum atomic E-state index is 0. The van der Waals surface area contributed by atoms with Crippen LogP contribution in [-0.4, -0.2) is 31.1 Å². The lowest BCUT2D eigenvalue weighted by atomic mass is 10.0. The number of para-hydroxylation sites is 1. The smallest absolute Gasteiger partial charge is 0.0409 e. The third kappa shape index (κ3) is 2.93. The van der Waals surface area contributed by atoms with Gasteiger partial charge in [0.1, 0.15) is 0 Å². The molecule has 1 aromatic rings. The van der Waals surface area contributed by atoms with Crippen LogP contribution in [0.3, 0.4) is 0 Å². The number of hydrogen-bond acceptors (Lipinski definition) is 2. The minimum absolute atomic E-state index is 0. The second-order valence-electron chi connectivity index (χ2n) is 5.13. The van der Waals surface area contributed by atoms with Crippen LogP contribution in [0.1, 0.15) is 24.8 Å². The molecule has 102 valence electrons. The molecule has 1 fully saturated rings. The van der Waals surface area contributed by atoms with Crippen LogP contribution >= 0.6 is 24.8 Å². The highest BCUT2D eigenvalue weighted by molar-refractivity contribution is 5.85. The van der Waals surface area contributed by atoms with Crippen molar-refractivity contribution in [2.45, 2.75) is 31.8 Å². The zero-order chi connectivity index (χ0) is 11.0. The van der Waals surface area contributed by atoms with Gasteiger partial charge in [0.25, 0.3) is 0 Å². The molecule has 18 heavy (non-hydrogen) atoms. The Morgan fingerprint density at radius 2 is 1.89 bits per heavy atom. The fraction of sp³-hybridized carbons (Fsp3) is 0.571. The Labute approximate surface area is 122 Å². The predicted octanol–water partition coefficient (Wildman–Crippen LogP) is 3.33. The van der Waals surface area contributed by atoms with Crippen LogP contribution in [0.2, 0.25) is 0 Å². The number of halogens is 2. The summed E-state index contributed by atoms with van der Waals surface area (Å²) >= 11 is 0. The van der Waals surface area contributed by atoms with Crippen molar-refractivity contribution < 1.29 is 0 Å². The van der Waals surface area contributed by atoms with Crippen LogP contribution in [0.15, 0.2) is 24.3 Å². The Balaban J connectivity index is 0.000000810. The van der Waals surface area contributed by atoms with E-state index >= 15 is 0 Å². The lowest BCUT2D eigenvalue weighted by Gasteiger charge is -2.35. The summed E-state index contributed by atoms with van der Waals surface area (Å²) in [6.07, 6.45) is 4.16. The average molecular weight is 289 g/mol. The molecular formula is C14H22Cl2N2. The van der Waals surface area contributed by atoms with E-state index in [0.29, 0.717) is 0 Å². The van der Waals surface area contributed by atoms with Crippen molar-refractivity contribution in [2.75, 3.05) is 25.0 Å². The number of benzene rings is 1. The fourth-order valence-electron chi connectivity index (χ4n) is 3.13. The van der Waals surface area contributed by atoms with E-state index in [9.17, 15) is 0 Å². The third-order valence-corrected chi connectivity index (χ3v) is 4.01. The quantitative estimate of drug-likeness (QED) is 0.723. The summed E-state index contributed by atoms with van der Waals surface area (Å²) in [5.41, 5.74) is 2.92. The van der Waals surface area contributed by atoms with Gasteiger partial charge in [0.15, 0.2) is 0 Å². The van der Waals surface area contributed by atoms with Crippen LogP contribution < -0.4 is 4.90 Å². The summed E-state index contributed by atoms with van der Waals surface area (Å²) in [6, 6.07) is 9.62. The second kappa shape index (κ2) is 6.65. The Kier molecular flexibility index (Phi) is 5.77. The topological polar surface area (TPSA) is 6.48 Å². The van der Waals surface area contributed by atoms with Crippen molar-refractivity contribution >= 4 is 30.5 Å². The van der Waals surface area contributed by atoms with Gasteiger partial charge in [0.05, 0.1) is 0 Å². The van der Waals surface area contributed by atoms with Gasteiger partial charge in [-0.15, -0.1) is 24.8 Å². The summed E-state index contributed by atoms with van der Waals surface area (Å²) in [4.78, 5) is 5.11. The molecule has 4 heteroatoms. The third-order valence-electron chi connectivity index (χ3n) is 4.01. The average Bonchev–Trinajstić information content (AvgIpc) is 2.45. The zero-order valence-corrected chi connectivity index (χ0v) is 12.5. The molecule has 0 N–H and O–H groups in total. The Hall–Kier alpha value is -0.440. The molecule has 2 nitrogen and oxygen atoms in total. The van der Waals surface area contributed by atoms with Crippen LogP contribution in [0.25, 0.3) is 0 Å². The maximum Gasteiger partial charge on any atom is 0.0409 e. The van der Waals surface area contributed by atoms with Gasteiger partial charge < -0.3 is 4.90 Å². The molecule has 0 aliphatic carbocycles. The maximum atomic E-state index is 2.67. The predicted molar refractivity (Wildman–Crippen MR) is 82.3 cm³/mol. The van der Waals surface area contributed by atoms with Crippen molar-refractivity contribution in [3.8, 4) is 0 Å². The van der Waals surface area contributed by atoms with Gasteiger partial charge in [-0.05, 0) is 31.0 Å². The van der Waals surface area contributed by atoms with E-state index in [2.05, 4.69) is 41.1 Å². The second-order valence-corrected chi connectivity index (χ2v) is 5.13. The van der Waals surface area contributed by atoms with Crippen LogP contribution in [0, 0.1) is 0 Å². The van der Waals surface area contributed by atoms with Crippen molar-refractivity contribution in [3.63, 3.8) is 0 Å². The highest BCUT2D eigenvalue weighted by atomic mass is 35.5. The van der Waals surface area contributed by atoms with Gasteiger partial charge in [-0.3, -0.25) is 4.90 Å². The minimum Gasteiger partial charge on any atom is -0.373 e. The first-order valence-corrected chi connectivity index (χ1v) is 6.38. The number of piperidine rings is 1. The van der Waals surface area contributed by atoms with Gasteiger partial charge in [0.2, 0.25) is 0 Å². The standard InChI is InChI=1S/C14H20N2.2ClH/c1-15-11-13-7-4-5-9-16(13)10-12-6-2-3-8-14(12)15;;/h2-3,6,8,13H,4-5,7,9-11H2,1H3;2*1H. The Morgan fingerprint density at radius 1 is 1.11 bits per heavy atom. The zero-order valence-electron chi connectivity index (χ0n) is 10.8. The molecule has 0 saturated carbocycles. The number of likely N-dealkylation sites (N-methyl/N-ethyl adjacent to an activating group) is 1. The molecule has 1 saturated heterocycles. The first-order valence-electron chi connectivity index (χ1n) is 6.38. The van der Waals surface area contributed by atoms with Gasteiger partial charge >= 0.3 is 0 Å². The Bertz CT molecular complexity index is 384. The highest BCUT2D eigenvalue weighted by Gasteiger charge is 2.27. The first kappa shape index (κ1) is 15.6. The SMILES string of the molecule is CN1CC2CCCCN2Cc2ccccc21.Cl.Cl. The fourth-order valence-corrected chi connectivity index (χ4v) is 3.13. The van der Waals surface area contributed by atoms with E-state index in [1.807, 2.05) is 0 Å². The molecule has 1 unspecified atom stereocenters. The van der Waals surface area contributed by atoms with E-state index < -0.39 is 0 Å². The van der Waals surface area contributed by atoms with E-state index in [0.717, 1.165) is 12.6 Å². The summed E-state index contributed by atoms with van der Waals surface area (Å²) in [6.45, 7) is 3.62. The Morgan fingerprint density at radius 3 is 2.72 bits per heavy atom. The molecule has 0 bridgehead atoms. The summed E-state index contributed by atoms with van der Waals surface area (Å²) in [7, 11) is 2.23. The van der Waals surface area contributed by atoms with Crippen LogP contribution in [-0.2, 0) is 6.54 Å². The van der Waals surface area contributed by atoms with Crippen molar-refractivity contribution in [3.05, 3.63) is 29.8 Å². The molecule has 3 rings (SSSR count). The van der Waals surface area contributed by atoms with Crippen LogP contribution in [0.4, 0.5) is 5.69 Å². The molecule has 0 radical (unpaired) electrons. The number of nitrogens with zero attached hydrogens (tertiary/aromatic N) is 2. The normalized spacial score (nSPS) is 22.9. The molecule has 0 aromatic heterocycles. The van der Waals surface area contributed by atoms with Gasteiger partial charge in [0, 0.05) is 31.9 Å². The number of fused-ring (bicyclic) bond motifs is 2. The molecule has 2 aliphatic rings. The molecule has 0 amide bonds. The lowest BCUT2D eigenvalue weighted by molar-refractivity contribution is 0.148. The number of rotatable bonds is 0. The van der Waals surface area contributed by atoms with Gasteiger partial charge in [-0.2, -0.15) is 0 Å². The van der Waals surface area contributed by atoms with Gasteiger partial charge in [-0.25, -0.2) is 0 Å². The summed E-state index contributed by atoms with van der Waals surface area (Å²) in [5, 5.41) is 0. The monoisotopic (exact) mass is 288 g/mol. The number of hydrogen-bond donors (Lipinski definition) is 0. The lowest BCUT2D eigenvalue weighted by Crippen LogP contribution is -2.43. The van der Waals surface area contributed by atoms with E-state index in [1.165, 1.54) is 43.6 Å². The van der Waals surface area contributed by atoms with E-state index in [-0.39, 0.29) is 24.8 Å². The molecule has 1 aromatic carbocycles. The molecule has 2 heterocycles. The summed E-state index contributed by atoms with van der Waals surface area (Å²) in [5.74, 6) is 0. The van der Waals surface area contributed by atoms with Crippen molar-refractivity contribution in [1.29, 1.82) is 0 Å². The van der Waals surface area contributed by atoms with Crippen LogP contribution in [0.5, 0.6) is 0 Å².